The van der Waals surface area contributed by atoms with Gasteiger partial charge in [0, 0.05) is 7.05 Å². The summed E-state index contributed by atoms with van der Waals surface area (Å²) >= 11 is 0. The van der Waals surface area contributed by atoms with Crippen molar-refractivity contribution in [2.45, 2.75) is 25.7 Å². The van der Waals surface area contributed by atoms with Crippen LogP contribution in [0, 0.1) is 10.1 Å². The summed E-state index contributed by atoms with van der Waals surface area (Å²) < 4.78 is 1.89. The van der Waals surface area contributed by atoms with Crippen LogP contribution >= 0.6 is 0 Å². The molecule has 3 rings (SSSR count). The van der Waals surface area contributed by atoms with Crippen molar-refractivity contribution in [3.8, 4) is 0 Å². The number of nitrogens with zero attached hydrogens (tertiary/aromatic N) is 2. The standard InChI is InChI=1S/C19H20N2O2/c1-20-14-18(21(22)23)17(13-12-15-8-4-2-5-9-15)19(20)16-10-6-3-7-11-16/h2,4-5,8-10,12-14H,3,6-7,11H2,1H3/b13-12+. The van der Waals surface area contributed by atoms with Gasteiger partial charge in [0.05, 0.1) is 22.4 Å². The Bertz CT molecular complexity index is 770. The van der Waals surface area contributed by atoms with Gasteiger partial charge < -0.3 is 4.57 Å². The second-order valence-corrected chi connectivity index (χ2v) is 5.86. The molecule has 4 nitrogen and oxygen atoms in total. The predicted octanol–water partition coefficient (Wildman–Crippen LogP) is 5.06. The molecular formula is C19H20N2O2. The molecule has 0 atom stereocenters. The number of allylic oxidation sites excluding steroid dienone is 2. The minimum absolute atomic E-state index is 0.168. The van der Waals surface area contributed by atoms with Crippen LogP contribution in [0.25, 0.3) is 17.7 Å². The van der Waals surface area contributed by atoms with Gasteiger partial charge in [-0.15, -0.1) is 0 Å². The average Bonchev–Trinajstić information content (AvgIpc) is 2.91. The lowest BCUT2D eigenvalue weighted by Gasteiger charge is -2.14. The van der Waals surface area contributed by atoms with Crippen molar-refractivity contribution < 1.29 is 4.92 Å². The fraction of sp³-hybridized carbons (Fsp3) is 0.263. The van der Waals surface area contributed by atoms with Gasteiger partial charge in [0.25, 0.3) is 5.69 Å². The van der Waals surface area contributed by atoms with Gasteiger partial charge in [0.15, 0.2) is 0 Å². The van der Waals surface area contributed by atoms with Crippen LogP contribution in [0.5, 0.6) is 0 Å². The molecule has 23 heavy (non-hydrogen) atoms. The summed E-state index contributed by atoms with van der Waals surface area (Å²) in [5.41, 5.74) is 4.10. The topological polar surface area (TPSA) is 48.1 Å². The first-order chi connectivity index (χ1) is 11.2. The van der Waals surface area contributed by atoms with Crippen LogP contribution in [0.15, 0.2) is 42.6 Å². The van der Waals surface area contributed by atoms with Gasteiger partial charge in [-0.2, -0.15) is 0 Å². The predicted molar refractivity (Wildman–Crippen MR) is 93.9 cm³/mol. The van der Waals surface area contributed by atoms with E-state index in [2.05, 4.69) is 6.08 Å². The van der Waals surface area contributed by atoms with Gasteiger partial charge in [-0.25, -0.2) is 0 Å². The third-order valence-corrected chi connectivity index (χ3v) is 4.23. The molecule has 0 saturated heterocycles. The van der Waals surface area contributed by atoms with Crippen molar-refractivity contribution in [3.05, 3.63) is 69.5 Å². The van der Waals surface area contributed by atoms with Crippen LogP contribution in [0.3, 0.4) is 0 Å². The molecule has 0 bridgehead atoms. The van der Waals surface area contributed by atoms with E-state index in [1.54, 1.807) is 6.20 Å². The summed E-state index contributed by atoms with van der Waals surface area (Å²) in [6, 6.07) is 9.86. The number of hydrogen-bond donors (Lipinski definition) is 0. The lowest BCUT2D eigenvalue weighted by atomic mass is 9.94. The third kappa shape index (κ3) is 3.26. The molecule has 0 aliphatic heterocycles. The van der Waals surface area contributed by atoms with Crippen molar-refractivity contribution in [3.63, 3.8) is 0 Å². The Hall–Kier alpha value is -2.62. The fourth-order valence-corrected chi connectivity index (χ4v) is 3.14. The molecule has 0 amide bonds. The minimum Gasteiger partial charge on any atom is -0.344 e. The molecular weight excluding hydrogens is 288 g/mol. The molecule has 1 aromatic heterocycles. The Balaban J connectivity index is 2.07. The largest absolute Gasteiger partial charge is 0.344 e. The zero-order valence-corrected chi connectivity index (χ0v) is 13.2. The first kappa shape index (κ1) is 15.3. The maximum atomic E-state index is 11.4. The van der Waals surface area contributed by atoms with Crippen LogP contribution in [0.1, 0.15) is 42.5 Å². The van der Waals surface area contributed by atoms with Gasteiger partial charge in [0.2, 0.25) is 0 Å². The Morgan fingerprint density at radius 3 is 2.61 bits per heavy atom. The first-order valence-electron chi connectivity index (χ1n) is 7.93. The fourth-order valence-electron chi connectivity index (χ4n) is 3.14. The lowest BCUT2D eigenvalue weighted by Crippen LogP contribution is -1.99. The number of nitro groups is 1. The highest BCUT2D eigenvalue weighted by atomic mass is 16.6. The Morgan fingerprint density at radius 2 is 1.96 bits per heavy atom. The SMILES string of the molecule is Cn1cc([N+](=O)[O-])c(/C=C/c2ccccc2)c1C1=CCCCC1. The first-order valence-corrected chi connectivity index (χ1v) is 7.93. The highest BCUT2D eigenvalue weighted by Crippen LogP contribution is 2.35. The maximum absolute atomic E-state index is 11.4. The van der Waals surface area contributed by atoms with E-state index in [1.807, 2.05) is 54.1 Å². The molecule has 1 aromatic carbocycles. The summed E-state index contributed by atoms with van der Waals surface area (Å²) in [6.07, 6.45) is 12.0. The summed E-state index contributed by atoms with van der Waals surface area (Å²) in [4.78, 5) is 11.1. The van der Waals surface area contributed by atoms with Gasteiger partial charge in [-0.1, -0.05) is 42.5 Å². The number of aromatic nitrogens is 1. The molecule has 4 heteroatoms. The zero-order chi connectivity index (χ0) is 16.2. The van der Waals surface area contributed by atoms with E-state index >= 15 is 0 Å². The lowest BCUT2D eigenvalue weighted by molar-refractivity contribution is -0.385. The van der Waals surface area contributed by atoms with E-state index in [4.69, 9.17) is 0 Å². The Kier molecular flexibility index (Phi) is 4.42. The number of aryl methyl sites for hydroxylation is 1. The Morgan fingerprint density at radius 1 is 1.17 bits per heavy atom. The molecule has 0 saturated carbocycles. The summed E-state index contributed by atoms with van der Waals surface area (Å²) in [5.74, 6) is 0. The van der Waals surface area contributed by atoms with E-state index in [9.17, 15) is 10.1 Å². The summed E-state index contributed by atoms with van der Waals surface area (Å²) in [6.45, 7) is 0. The van der Waals surface area contributed by atoms with E-state index in [0.717, 1.165) is 30.5 Å². The van der Waals surface area contributed by atoms with Gasteiger partial charge in [-0.3, -0.25) is 10.1 Å². The molecule has 1 heterocycles. The second-order valence-electron chi connectivity index (χ2n) is 5.86. The van der Waals surface area contributed by atoms with E-state index < -0.39 is 0 Å². The molecule has 2 aromatic rings. The summed E-state index contributed by atoms with van der Waals surface area (Å²) in [7, 11) is 1.89. The smallest absolute Gasteiger partial charge is 0.294 e. The quantitative estimate of drug-likeness (QED) is 0.585. The molecule has 0 fully saturated rings. The normalized spacial score (nSPS) is 14.9. The molecule has 1 aliphatic rings. The van der Waals surface area contributed by atoms with Crippen LogP contribution < -0.4 is 0 Å². The van der Waals surface area contributed by atoms with Gasteiger partial charge in [-0.05, 0) is 42.9 Å². The molecule has 1 aliphatic carbocycles. The number of benzene rings is 1. The van der Waals surface area contributed by atoms with Crippen molar-refractivity contribution in [1.82, 2.24) is 4.57 Å². The highest BCUT2D eigenvalue weighted by Gasteiger charge is 2.23. The van der Waals surface area contributed by atoms with Crippen LogP contribution in [-0.2, 0) is 7.05 Å². The molecule has 0 unspecified atom stereocenters. The molecule has 0 N–H and O–H groups in total. The monoisotopic (exact) mass is 308 g/mol. The molecule has 0 spiro atoms. The maximum Gasteiger partial charge on any atom is 0.294 e. The van der Waals surface area contributed by atoms with Crippen molar-refractivity contribution in [1.29, 1.82) is 0 Å². The Labute approximate surface area is 135 Å². The average molecular weight is 308 g/mol. The molecule has 0 radical (unpaired) electrons. The number of hydrogen-bond acceptors (Lipinski definition) is 2. The number of rotatable bonds is 4. The zero-order valence-electron chi connectivity index (χ0n) is 13.2. The van der Waals surface area contributed by atoms with E-state index in [1.165, 1.54) is 12.0 Å². The van der Waals surface area contributed by atoms with Crippen molar-refractivity contribution >= 4 is 23.4 Å². The van der Waals surface area contributed by atoms with Crippen molar-refractivity contribution in [2.24, 2.45) is 7.05 Å². The van der Waals surface area contributed by atoms with Crippen molar-refractivity contribution in [2.75, 3.05) is 0 Å². The third-order valence-electron chi connectivity index (χ3n) is 4.23. The van der Waals surface area contributed by atoms with E-state index in [-0.39, 0.29) is 10.6 Å². The minimum atomic E-state index is -0.294. The van der Waals surface area contributed by atoms with Crippen LogP contribution in [0.4, 0.5) is 5.69 Å². The van der Waals surface area contributed by atoms with E-state index in [0.29, 0.717) is 5.56 Å². The highest BCUT2D eigenvalue weighted by molar-refractivity contribution is 5.83. The van der Waals surface area contributed by atoms with Crippen LogP contribution in [0.2, 0.25) is 0 Å². The van der Waals surface area contributed by atoms with Crippen LogP contribution in [-0.4, -0.2) is 9.49 Å². The van der Waals surface area contributed by atoms with Gasteiger partial charge >= 0.3 is 0 Å². The second kappa shape index (κ2) is 6.65. The van der Waals surface area contributed by atoms with Gasteiger partial charge in [0.1, 0.15) is 0 Å². The summed E-state index contributed by atoms with van der Waals surface area (Å²) in [5, 5.41) is 11.4. The molecule has 118 valence electrons.